The van der Waals surface area contributed by atoms with Crippen molar-refractivity contribution in [1.82, 2.24) is 9.80 Å². The normalized spacial score (nSPS) is 19.3. The van der Waals surface area contributed by atoms with Crippen LogP contribution in [-0.4, -0.2) is 54.5 Å². The van der Waals surface area contributed by atoms with Gasteiger partial charge >= 0.3 is 5.97 Å². The zero-order valence-corrected chi connectivity index (χ0v) is 16.0. The summed E-state index contributed by atoms with van der Waals surface area (Å²) in [6, 6.07) is 7.14. The van der Waals surface area contributed by atoms with Gasteiger partial charge in [-0.25, -0.2) is 0 Å². The van der Waals surface area contributed by atoms with E-state index in [0.717, 1.165) is 31.4 Å². The van der Waals surface area contributed by atoms with Gasteiger partial charge < -0.3 is 9.64 Å². The van der Waals surface area contributed by atoms with Crippen molar-refractivity contribution in [2.75, 3.05) is 26.7 Å². The smallest absolute Gasteiger partial charge is 0.323 e. The molecule has 1 aliphatic heterocycles. The van der Waals surface area contributed by atoms with Gasteiger partial charge in [0.25, 0.3) is 0 Å². The maximum absolute atomic E-state index is 12.7. The highest BCUT2D eigenvalue weighted by Gasteiger charge is 2.32. The molecule has 1 amide bonds. The number of hydrogen-bond acceptors (Lipinski definition) is 4. The zero-order chi connectivity index (χ0) is 18.4. The van der Waals surface area contributed by atoms with Gasteiger partial charge in [0.2, 0.25) is 5.91 Å². The minimum atomic E-state index is -0.308. The Morgan fingerprint density at radius 3 is 2.64 bits per heavy atom. The SMILES string of the molecule is CCOC(=O)C1CCCCN1CC(=O)N(C)C(C)c1ccc(Cl)cc1. The molecular formula is C19H27ClN2O3. The lowest BCUT2D eigenvalue weighted by molar-refractivity contribution is -0.152. The topological polar surface area (TPSA) is 49.9 Å². The van der Waals surface area contributed by atoms with Crippen molar-refractivity contribution >= 4 is 23.5 Å². The van der Waals surface area contributed by atoms with Gasteiger partial charge in [-0.1, -0.05) is 30.2 Å². The third-order valence-electron chi connectivity index (χ3n) is 4.84. The molecule has 0 N–H and O–H groups in total. The Labute approximate surface area is 154 Å². The number of likely N-dealkylation sites (tertiary alicyclic amines) is 1. The highest BCUT2D eigenvalue weighted by Crippen LogP contribution is 2.23. The van der Waals surface area contributed by atoms with Crippen LogP contribution in [0.4, 0.5) is 0 Å². The second kappa shape index (κ2) is 9.20. The number of carbonyl (C=O) groups excluding carboxylic acids is 2. The molecule has 0 aliphatic carbocycles. The summed E-state index contributed by atoms with van der Waals surface area (Å²) in [5.74, 6) is -0.220. The van der Waals surface area contributed by atoms with Crippen LogP contribution in [-0.2, 0) is 14.3 Å². The Hall–Kier alpha value is -1.59. The van der Waals surface area contributed by atoms with Crippen LogP contribution in [0.5, 0.6) is 0 Å². The third kappa shape index (κ3) is 5.19. The van der Waals surface area contributed by atoms with E-state index < -0.39 is 0 Å². The number of ether oxygens (including phenoxy) is 1. The van der Waals surface area contributed by atoms with Crippen molar-refractivity contribution in [1.29, 1.82) is 0 Å². The van der Waals surface area contributed by atoms with Crippen molar-refractivity contribution in [3.05, 3.63) is 34.9 Å². The summed E-state index contributed by atoms with van der Waals surface area (Å²) < 4.78 is 5.16. The Kier molecular flexibility index (Phi) is 7.26. The molecule has 1 aromatic rings. The minimum Gasteiger partial charge on any atom is -0.465 e. The molecule has 25 heavy (non-hydrogen) atoms. The molecule has 5 nitrogen and oxygen atoms in total. The van der Waals surface area contributed by atoms with E-state index in [1.165, 1.54) is 0 Å². The Balaban J connectivity index is 2.00. The molecule has 0 aromatic heterocycles. The van der Waals surface area contributed by atoms with Crippen LogP contribution in [0.25, 0.3) is 0 Å². The van der Waals surface area contributed by atoms with Gasteiger partial charge in [-0.2, -0.15) is 0 Å². The largest absolute Gasteiger partial charge is 0.465 e. The summed E-state index contributed by atoms with van der Waals surface area (Å²) in [4.78, 5) is 28.5. The van der Waals surface area contributed by atoms with Crippen LogP contribution in [0.15, 0.2) is 24.3 Å². The molecule has 1 aliphatic rings. The van der Waals surface area contributed by atoms with Gasteiger partial charge in [0.15, 0.2) is 0 Å². The standard InChI is InChI=1S/C19H27ClN2O3/c1-4-25-19(24)17-7-5-6-12-22(17)13-18(23)21(3)14(2)15-8-10-16(20)11-9-15/h8-11,14,17H,4-7,12-13H2,1-3H3. The van der Waals surface area contributed by atoms with E-state index in [1.54, 1.807) is 18.9 Å². The van der Waals surface area contributed by atoms with Crippen LogP contribution >= 0.6 is 11.6 Å². The number of esters is 1. The van der Waals surface area contributed by atoms with E-state index in [9.17, 15) is 9.59 Å². The van der Waals surface area contributed by atoms with Crippen LogP contribution in [0.2, 0.25) is 5.02 Å². The highest BCUT2D eigenvalue weighted by atomic mass is 35.5. The van der Waals surface area contributed by atoms with Crippen LogP contribution in [0.3, 0.4) is 0 Å². The second-order valence-electron chi connectivity index (χ2n) is 6.47. The Morgan fingerprint density at radius 2 is 2.00 bits per heavy atom. The van der Waals surface area contributed by atoms with Gasteiger partial charge in [0.1, 0.15) is 6.04 Å². The molecule has 2 rings (SSSR count). The predicted molar refractivity (Wildman–Crippen MR) is 98.5 cm³/mol. The fraction of sp³-hybridized carbons (Fsp3) is 0.579. The number of rotatable bonds is 6. The van der Waals surface area contributed by atoms with E-state index in [0.29, 0.717) is 11.6 Å². The van der Waals surface area contributed by atoms with E-state index in [2.05, 4.69) is 0 Å². The van der Waals surface area contributed by atoms with Crippen LogP contribution in [0.1, 0.15) is 44.7 Å². The molecule has 1 saturated heterocycles. The Bertz CT molecular complexity index is 591. The van der Waals surface area contributed by atoms with Crippen molar-refractivity contribution in [3.63, 3.8) is 0 Å². The summed E-state index contributed by atoms with van der Waals surface area (Å²) in [5.41, 5.74) is 1.03. The molecular weight excluding hydrogens is 340 g/mol. The lowest BCUT2D eigenvalue weighted by Gasteiger charge is -2.35. The number of amides is 1. The number of halogens is 1. The van der Waals surface area contributed by atoms with Crippen LogP contribution in [0, 0.1) is 0 Å². The number of piperidine rings is 1. The van der Waals surface area contributed by atoms with E-state index in [1.807, 2.05) is 36.1 Å². The first kappa shape index (κ1) is 19.7. The second-order valence-corrected chi connectivity index (χ2v) is 6.90. The first-order valence-electron chi connectivity index (χ1n) is 8.85. The predicted octanol–water partition coefficient (Wildman–Crippen LogP) is 3.28. The zero-order valence-electron chi connectivity index (χ0n) is 15.2. The first-order chi connectivity index (χ1) is 11.9. The van der Waals surface area contributed by atoms with Crippen molar-refractivity contribution in [2.24, 2.45) is 0 Å². The minimum absolute atomic E-state index is 0.00125. The molecule has 6 heteroatoms. The fourth-order valence-corrected chi connectivity index (χ4v) is 3.28. The van der Waals surface area contributed by atoms with E-state index in [-0.39, 0.29) is 30.5 Å². The van der Waals surface area contributed by atoms with Crippen molar-refractivity contribution in [2.45, 2.75) is 45.2 Å². The summed E-state index contributed by atoms with van der Waals surface area (Å²) in [6.07, 6.45) is 2.74. The van der Waals surface area contributed by atoms with Gasteiger partial charge in [0.05, 0.1) is 19.2 Å². The number of carbonyl (C=O) groups is 2. The lowest BCUT2D eigenvalue weighted by atomic mass is 10.0. The average Bonchev–Trinajstić information content (AvgIpc) is 2.61. The number of nitrogens with zero attached hydrogens (tertiary/aromatic N) is 2. The highest BCUT2D eigenvalue weighted by molar-refractivity contribution is 6.30. The van der Waals surface area contributed by atoms with Crippen molar-refractivity contribution < 1.29 is 14.3 Å². The van der Waals surface area contributed by atoms with Gasteiger partial charge in [-0.15, -0.1) is 0 Å². The molecule has 2 unspecified atom stereocenters. The molecule has 0 bridgehead atoms. The molecule has 138 valence electrons. The molecule has 2 atom stereocenters. The number of hydrogen-bond donors (Lipinski definition) is 0. The van der Waals surface area contributed by atoms with Crippen molar-refractivity contribution in [3.8, 4) is 0 Å². The molecule has 1 aromatic carbocycles. The van der Waals surface area contributed by atoms with Gasteiger partial charge in [-0.05, 0) is 50.9 Å². The first-order valence-corrected chi connectivity index (χ1v) is 9.23. The molecule has 0 spiro atoms. The molecule has 1 heterocycles. The maximum atomic E-state index is 12.7. The van der Waals surface area contributed by atoms with E-state index >= 15 is 0 Å². The monoisotopic (exact) mass is 366 g/mol. The Morgan fingerprint density at radius 1 is 1.32 bits per heavy atom. The van der Waals surface area contributed by atoms with Gasteiger partial charge in [0, 0.05) is 12.1 Å². The summed E-state index contributed by atoms with van der Waals surface area (Å²) in [6.45, 7) is 5.14. The summed E-state index contributed by atoms with van der Waals surface area (Å²) >= 11 is 5.93. The average molecular weight is 367 g/mol. The third-order valence-corrected chi connectivity index (χ3v) is 5.09. The molecule has 1 fully saturated rings. The van der Waals surface area contributed by atoms with E-state index in [4.69, 9.17) is 16.3 Å². The summed E-state index contributed by atoms with van der Waals surface area (Å²) in [5, 5.41) is 0.676. The summed E-state index contributed by atoms with van der Waals surface area (Å²) in [7, 11) is 1.80. The van der Waals surface area contributed by atoms with Crippen LogP contribution < -0.4 is 0 Å². The quantitative estimate of drug-likeness (QED) is 0.725. The fourth-order valence-electron chi connectivity index (χ4n) is 3.15. The maximum Gasteiger partial charge on any atom is 0.323 e. The number of likely N-dealkylation sites (N-methyl/N-ethyl adjacent to an activating group) is 1. The molecule has 0 radical (unpaired) electrons. The van der Waals surface area contributed by atoms with Gasteiger partial charge in [-0.3, -0.25) is 14.5 Å². The number of benzene rings is 1. The molecule has 0 saturated carbocycles. The lowest BCUT2D eigenvalue weighted by Crippen LogP contribution is -2.50.